The van der Waals surface area contributed by atoms with E-state index in [1.165, 1.54) is 11.9 Å². The summed E-state index contributed by atoms with van der Waals surface area (Å²) in [5.41, 5.74) is -2.21. The predicted molar refractivity (Wildman–Crippen MR) is 76.8 cm³/mol. The van der Waals surface area contributed by atoms with Crippen LogP contribution in [0.2, 0.25) is 0 Å². The van der Waals surface area contributed by atoms with Gasteiger partial charge in [-0.3, -0.25) is 14.4 Å². The average Bonchev–Trinajstić information content (AvgIpc) is 2.52. The molecule has 1 aromatic heterocycles. The average molecular weight is 344 g/mol. The molecule has 1 aliphatic heterocycles. The van der Waals surface area contributed by atoms with Gasteiger partial charge < -0.3 is 9.80 Å². The van der Waals surface area contributed by atoms with Crippen LogP contribution in [-0.2, 0) is 28.7 Å². The van der Waals surface area contributed by atoms with Gasteiger partial charge in [-0.2, -0.15) is 18.3 Å². The molecule has 1 aliphatic rings. The van der Waals surface area contributed by atoms with E-state index in [0.717, 1.165) is 11.0 Å². The molecule has 0 radical (unpaired) electrons. The highest BCUT2D eigenvalue weighted by Gasteiger charge is 2.39. The fraction of sp³-hybridized carbons (Fsp3) is 0.429. The van der Waals surface area contributed by atoms with Gasteiger partial charge in [0.15, 0.2) is 5.69 Å². The van der Waals surface area contributed by atoms with Crippen LogP contribution in [0.5, 0.6) is 0 Å². The maximum Gasteiger partial charge on any atom is 0.435 e. The number of hydrogen-bond donors (Lipinski definition) is 1. The van der Waals surface area contributed by atoms with Crippen LogP contribution in [0, 0.1) is 0 Å². The summed E-state index contributed by atoms with van der Waals surface area (Å²) in [6.45, 7) is 2.71. The Labute approximate surface area is 134 Å². The normalized spacial score (nSPS) is 14.1. The van der Waals surface area contributed by atoms with Crippen molar-refractivity contribution in [3.63, 3.8) is 0 Å². The molecule has 1 N–H and O–H groups in total. The Morgan fingerprint density at radius 3 is 2.67 bits per heavy atom. The second-order valence-corrected chi connectivity index (χ2v) is 5.32. The number of amides is 2. The van der Waals surface area contributed by atoms with Crippen LogP contribution in [0.25, 0.3) is 0 Å². The second-order valence-electron chi connectivity index (χ2n) is 5.32. The van der Waals surface area contributed by atoms with E-state index in [1.54, 1.807) is 0 Å². The molecule has 0 bridgehead atoms. The summed E-state index contributed by atoms with van der Waals surface area (Å²) in [6, 6.07) is 0. The number of rotatable bonds is 3. The number of hydrogen-bond acceptors (Lipinski definition) is 4. The molecule has 1 aromatic rings. The van der Waals surface area contributed by atoms with E-state index in [4.69, 9.17) is 0 Å². The first-order valence-electron chi connectivity index (χ1n) is 6.98. The van der Waals surface area contributed by atoms with Crippen molar-refractivity contribution in [1.29, 1.82) is 0 Å². The van der Waals surface area contributed by atoms with Crippen molar-refractivity contribution in [3.05, 3.63) is 39.8 Å². The molecule has 0 spiro atoms. The third-order valence-corrected chi connectivity index (χ3v) is 3.72. The van der Waals surface area contributed by atoms with Gasteiger partial charge in [0, 0.05) is 31.3 Å². The van der Waals surface area contributed by atoms with Crippen molar-refractivity contribution in [1.82, 2.24) is 20.0 Å². The SMILES string of the molecule is C=CC(=O)N(C)CC(=O)N1CCc2c(c(C(F)(F)F)n[nH]c2=O)C1. The van der Waals surface area contributed by atoms with Crippen molar-refractivity contribution in [2.75, 3.05) is 20.1 Å². The van der Waals surface area contributed by atoms with Gasteiger partial charge in [0.1, 0.15) is 0 Å². The smallest absolute Gasteiger partial charge is 0.336 e. The Kier molecular flexibility index (Phi) is 4.76. The number of likely N-dealkylation sites (N-methyl/N-ethyl adjacent to an activating group) is 1. The molecule has 7 nitrogen and oxygen atoms in total. The lowest BCUT2D eigenvalue weighted by molar-refractivity contribution is -0.144. The highest BCUT2D eigenvalue weighted by Crippen LogP contribution is 2.32. The number of alkyl halides is 3. The van der Waals surface area contributed by atoms with E-state index in [9.17, 15) is 27.6 Å². The van der Waals surface area contributed by atoms with Crippen LogP contribution >= 0.6 is 0 Å². The zero-order valence-electron chi connectivity index (χ0n) is 12.8. The quantitative estimate of drug-likeness (QED) is 0.800. The summed E-state index contributed by atoms with van der Waals surface area (Å²) in [5, 5.41) is 4.92. The fourth-order valence-electron chi connectivity index (χ4n) is 2.46. The highest BCUT2D eigenvalue weighted by molar-refractivity contribution is 5.90. The Morgan fingerprint density at radius 1 is 1.42 bits per heavy atom. The summed E-state index contributed by atoms with van der Waals surface area (Å²) < 4.78 is 39.1. The molecule has 0 aromatic carbocycles. The van der Waals surface area contributed by atoms with Gasteiger partial charge in [0.2, 0.25) is 11.8 Å². The number of fused-ring (bicyclic) bond motifs is 1. The first kappa shape index (κ1) is 17.7. The molecule has 0 fully saturated rings. The first-order valence-corrected chi connectivity index (χ1v) is 6.98. The van der Waals surface area contributed by atoms with E-state index >= 15 is 0 Å². The maximum absolute atomic E-state index is 13.0. The van der Waals surface area contributed by atoms with Crippen LogP contribution in [0.4, 0.5) is 13.2 Å². The largest absolute Gasteiger partial charge is 0.435 e. The first-order chi connectivity index (χ1) is 11.1. The van der Waals surface area contributed by atoms with Gasteiger partial charge in [-0.15, -0.1) is 0 Å². The molecule has 0 atom stereocenters. The number of carbonyl (C=O) groups is 2. The van der Waals surface area contributed by atoms with Crippen molar-refractivity contribution in [3.8, 4) is 0 Å². The van der Waals surface area contributed by atoms with Gasteiger partial charge >= 0.3 is 6.18 Å². The third kappa shape index (κ3) is 3.47. The van der Waals surface area contributed by atoms with Gasteiger partial charge in [0.05, 0.1) is 6.54 Å². The standard InChI is InChI=1S/C14H15F3N4O3/c1-3-10(22)20(2)7-11(23)21-5-4-8-9(6-21)12(14(15,16)17)18-19-13(8)24/h3H,1,4-7H2,2H3,(H,19,24). The minimum atomic E-state index is -4.74. The molecular formula is C14H15F3N4O3. The minimum Gasteiger partial charge on any atom is -0.336 e. The minimum absolute atomic E-state index is 0.0128. The number of nitrogens with zero attached hydrogens (tertiary/aromatic N) is 3. The number of aromatic nitrogens is 2. The van der Waals surface area contributed by atoms with Crippen molar-refractivity contribution >= 4 is 11.8 Å². The molecule has 0 unspecified atom stereocenters. The zero-order chi connectivity index (χ0) is 18.1. The summed E-state index contributed by atoms with van der Waals surface area (Å²) in [7, 11) is 1.38. The Hall–Kier alpha value is -2.65. The van der Waals surface area contributed by atoms with Crippen molar-refractivity contribution in [2.45, 2.75) is 19.1 Å². The number of aromatic amines is 1. The summed E-state index contributed by atoms with van der Waals surface area (Å²) in [5.74, 6) is -0.999. The third-order valence-electron chi connectivity index (χ3n) is 3.72. The Morgan fingerprint density at radius 2 is 2.08 bits per heavy atom. The molecular weight excluding hydrogens is 329 g/mol. The molecule has 0 saturated carbocycles. The summed E-state index contributed by atoms with van der Waals surface area (Å²) >= 11 is 0. The van der Waals surface area contributed by atoms with Crippen LogP contribution in [0.15, 0.2) is 17.4 Å². The van der Waals surface area contributed by atoms with Crippen LogP contribution < -0.4 is 5.56 Å². The monoisotopic (exact) mass is 344 g/mol. The zero-order valence-corrected chi connectivity index (χ0v) is 12.8. The van der Waals surface area contributed by atoms with E-state index in [1.807, 2.05) is 5.10 Å². The summed E-state index contributed by atoms with van der Waals surface area (Å²) in [4.78, 5) is 37.5. The highest BCUT2D eigenvalue weighted by atomic mass is 19.4. The Bertz CT molecular complexity index is 742. The topological polar surface area (TPSA) is 86.4 Å². The van der Waals surface area contributed by atoms with Gasteiger partial charge in [0.25, 0.3) is 5.56 Å². The molecule has 0 aliphatic carbocycles. The van der Waals surface area contributed by atoms with Gasteiger partial charge in [-0.25, -0.2) is 5.10 Å². The van der Waals surface area contributed by atoms with E-state index in [2.05, 4.69) is 11.7 Å². The number of carbonyl (C=O) groups excluding carboxylic acids is 2. The second kappa shape index (κ2) is 6.46. The van der Waals surface area contributed by atoms with Crippen LogP contribution in [-0.4, -0.2) is 51.9 Å². The lowest BCUT2D eigenvalue weighted by Gasteiger charge is -2.30. The Balaban J connectivity index is 2.26. The van der Waals surface area contributed by atoms with E-state index in [0.29, 0.717) is 0 Å². The van der Waals surface area contributed by atoms with E-state index < -0.39 is 29.2 Å². The molecule has 130 valence electrons. The molecule has 0 saturated heterocycles. The molecule has 2 rings (SSSR count). The maximum atomic E-state index is 13.0. The molecule has 2 heterocycles. The van der Waals surface area contributed by atoms with Gasteiger partial charge in [-0.1, -0.05) is 6.58 Å². The lowest BCUT2D eigenvalue weighted by Crippen LogP contribution is -2.45. The fourth-order valence-corrected chi connectivity index (χ4v) is 2.46. The van der Waals surface area contributed by atoms with Crippen LogP contribution in [0.3, 0.4) is 0 Å². The van der Waals surface area contributed by atoms with E-state index in [-0.39, 0.29) is 37.2 Å². The molecule has 2 amide bonds. The summed E-state index contributed by atoms with van der Waals surface area (Å²) in [6.07, 6.45) is -3.72. The van der Waals surface area contributed by atoms with Crippen LogP contribution in [0.1, 0.15) is 16.8 Å². The molecule has 10 heteroatoms. The number of halogens is 3. The number of H-pyrrole nitrogens is 1. The molecule has 24 heavy (non-hydrogen) atoms. The number of nitrogens with one attached hydrogen (secondary N) is 1. The van der Waals surface area contributed by atoms with Gasteiger partial charge in [-0.05, 0) is 12.5 Å². The predicted octanol–water partition coefficient (Wildman–Crippen LogP) is 0.318. The van der Waals surface area contributed by atoms with Crippen molar-refractivity contribution < 1.29 is 22.8 Å². The van der Waals surface area contributed by atoms with Crippen molar-refractivity contribution in [2.24, 2.45) is 0 Å². The lowest BCUT2D eigenvalue weighted by atomic mass is 9.99.